The first-order valence-corrected chi connectivity index (χ1v) is 7.01. The normalized spacial score (nSPS) is 15.5. The molecule has 1 aromatic carbocycles. The van der Waals surface area contributed by atoms with E-state index in [0.717, 1.165) is 25.1 Å². The molecule has 1 unspecified atom stereocenters. The summed E-state index contributed by atoms with van der Waals surface area (Å²) >= 11 is 0. The molecule has 20 heavy (non-hydrogen) atoms. The summed E-state index contributed by atoms with van der Waals surface area (Å²) < 4.78 is 0. The van der Waals surface area contributed by atoms with Crippen LogP contribution in [0.3, 0.4) is 0 Å². The minimum atomic E-state index is -0.198. The van der Waals surface area contributed by atoms with Crippen molar-refractivity contribution in [3.05, 3.63) is 23.8 Å². The van der Waals surface area contributed by atoms with Gasteiger partial charge < -0.3 is 20.2 Å². The number of amides is 2. The molecule has 5 heteroatoms. The molecule has 2 amide bonds. The average molecular weight is 277 g/mol. The highest BCUT2D eigenvalue weighted by molar-refractivity contribution is 5.89. The van der Waals surface area contributed by atoms with E-state index >= 15 is 0 Å². The average Bonchev–Trinajstić information content (AvgIpc) is 2.45. The van der Waals surface area contributed by atoms with Crippen molar-refractivity contribution in [2.75, 3.05) is 37.5 Å². The van der Waals surface area contributed by atoms with Gasteiger partial charge in [0, 0.05) is 32.0 Å². The number of nitrogens with one attached hydrogen (secondary N) is 1. The fourth-order valence-corrected chi connectivity index (χ4v) is 2.40. The second kappa shape index (κ2) is 6.13. The molecular weight excluding hydrogens is 254 g/mol. The van der Waals surface area contributed by atoms with Gasteiger partial charge in [0.15, 0.2) is 0 Å². The van der Waals surface area contributed by atoms with Crippen LogP contribution in [0, 0.1) is 0 Å². The van der Waals surface area contributed by atoms with E-state index < -0.39 is 0 Å². The summed E-state index contributed by atoms with van der Waals surface area (Å²) in [6.45, 7) is 2.84. The maximum Gasteiger partial charge on any atom is 0.321 e. The van der Waals surface area contributed by atoms with E-state index in [9.17, 15) is 4.79 Å². The van der Waals surface area contributed by atoms with Crippen LogP contribution in [0.1, 0.15) is 18.9 Å². The van der Waals surface area contributed by atoms with Crippen molar-refractivity contribution in [2.24, 2.45) is 0 Å². The summed E-state index contributed by atoms with van der Waals surface area (Å²) in [6, 6.07) is 5.63. The zero-order chi connectivity index (χ0) is 14.7. The third kappa shape index (κ3) is 3.04. The Labute approximate surface area is 120 Å². The molecule has 110 valence electrons. The van der Waals surface area contributed by atoms with Crippen molar-refractivity contribution in [1.29, 1.82) is 0 Å². The third-order valence-corrected chi connectivity index (χ3v) is 3.93. The van der Waals surface area contributed by atoms with Crippen molar-refractivity contribution < 1.29 is 9.90 Å². The number of hydrogen-bond acceptors (Lipinski definition) is 3. The first kappa shape index (κ1) is 14.7. The number of benzene rings is 1. The van der Waals surface area contributed by atoms with Gasteiger partial charge in [-0.2, -0.15) is 0 Å². The number of aryl methyl sites for hydroxylation is 1. The largest absolute Gasteiger partial charge is 0.394 e. The van der Waals surface area contributed by atoms with Gasteiger partial charge in [-0.15, -0.1) is 0 Å². The number of aliphatic hydroxyl groups excluding tert-OH is 1. The Balaban J connectivity index is 2.09. The number of rotatable bonds is 3. The zero-order valence-corrected chi connectivity index (χ0v) is 12.4. The lowest BCUT2D eigenvalue weighted by molar-refractivity contribution is 0.166. The second-order valence-electron chi connectivity index (χ2n) is 5.44. The van der Waals surface area contributed by atoms with E-state index in [0.29, 0.717) is 0 Å². The van der Waals surface area contributed by atoms with E-state index in [4.69, 9.17) is 5.11 Å². The van der Waals surface area contributed by atoms with Gasteiger partial charge in [0.25, 0.3) is 0 Å². The highest BCUT2D eigenvalue weighted by Gasteiger charge is 2.17. The summed E-state index contributed by atoms with van der Waals surface area (Å²) in [5.74, 6) is 0. The predicted octanol–water partition coefficient (Wildman–Crippen LogP) is 1.91. The Bertz CT molecular complexity index is 490. The topological polar surface area (TPSA) is 55.8 Å². The number of aliphatic hydroxyl groups is 1. The molecule has 0 radical (unpaired) electrons. The Morgan fingerprint density at radius 1 is 1.55 bits per heavy atom. The minimum Gasteiger partial charge on any atom is -0.394 e. The van der Waals surface area contributed by atoms with E-state index in [-0.39, 0.29) is 18.7 Å². The van der Waals surface area contributed by atoms with Gasteiger partial charge in [-0.1, -0.05) is 0 Å². The highest BCUT2D eigenvalue weighted by atomic mass is 16.3. The van der Waals surface area contributed by atoms with Crippen LogP contribution in [-0.4, -0.2) is 49.3 Å². The lowest BCUT2D eigenvalue weighted by atomic mass is 10.0. The number of carbonyl (C=O) groups is 1. The van der Waals surface area contributed by atoms with Crippen molar-refractivity contribution >= 4 is 17.4 Å². The number of urea groups is 1. The zero-order valence-electron chi connectivity index (χ0n) is 12.4. The van der Waals surface area contributed by atoms with Crippen molar-refractivity contribution in [3.8, 4) is 0 Å². The molecule has 0 bridgehead atoms. The highest BCUT2D eigenvalue weighted by Crippen LogP contribution is 2.28. The predicted molar refractivity (Wildman–Crippen MR) is 81.4 cm³/mol. The maximum absolute atomic E-state index is 12.0. The van der Waals surface area contributed by atoms with Gasteiger partial charge in [-0.05, 0) is 43.5 Å². The van der Waals surface area contributed by atoms with Crippen molar-refractivity contribution in [1.82, 2.24) is 4.90 Å². The molecule has 2 N–H and O–H groups in total. The Morgan fingerprint density at radius 3 is 3.00 bits per heavy atom. The number of hydrogen-bond donors (Lipinski definition) is 2. The van der Waals surface area contributed by atoms with Gasteiger partial charge in [0.05, 0.1) is 12.6 Å². The summed E-state index contributed by atoms with van der Waals surface area (Å²) in [5, 5.41) is 12.0. The van der Waals surface area contributed by atoms with Crippen LogP contribution >= 0.6 is 0 Å². The van der Waals surface area contributed by atoms with E-state index in [1.165, 1.54) is 16.2 Å². The van der Waals surface area contributed by atoms with Gasteiger partial charge in [-0.25, -0.2) is 4.79 Å². The fourth-order valence-electron chi connectivity index (χ4n) is 2.40. The third-order valence-electron chi connectivity index (χ3n) is 3.93. The van der Waals surface area contributed by atoms with Gasteiger partial charge in [0.2, 0.25) is 0 Å². The summed E-state index contributed by atoms with van der Waals surface area (Å²) in [4.78, 5) is 15.8. The molecule has 1 aliphatic heterocycles. The maximum atomic E-state index is 12.0. The molecule has 5 nitrogen and oxygen atoms in total. The first-order valence-electron chi connectivity index (χ1n) is 7.01. The quantitative estimate of drug-likeness (QED) is 0.887. The molecule has 2 rings (SSSR count). The Hall–Kier alpha value is -1.75. The number of likely N-dealkylation sites (N-methyl/N-ethyl adjacent to an activating group) is 1. The number of carbonyl (C=O) groups excluding carboxylic acids is 1. The smallest absolute Gasteiger partial charge is 0.321 e. The van der Waals surface area contributed by atoms with Crippen LogP contribution in [-0.2, 0) is 6.42 Å². The number of fused-ring (bicyclic) bond motifs is 1. The standard InChI is InChI=1S/C15H23N3O2/c1-11(10-19)18(3)15(20)16-13-6-7-14-12(9-13)5-4-8-17(14)2/h6-7,9,11,19H,4-5,8,10H2,1-3H3,(H,16,20). The molecule has 0 saturated carbocycles. The van der Waals surface area contributed by atoms with Crippen molar-refractivity contribution in [2.45, 2.75) is 25.8 Å². The first-order chi connectivity index (χ1) is 9.52. The molecule has 0 saturated heterocycles. The van der Waals surface area contributed by atoms with E-state index in [1.54, 1.807) is 14.0 Å². The van der Waals surface area contributed by atoms with E-state index in [1.807, 2.05) is 12.1 Å². The lowest BCUT2D eigenvalue weighted by Gasteiger charge is -2.28. The monoisotopic (exact) mass is 277 g/mol. The molecule has 0 aromatic heterocycles. The molecule has 1 heterocycles. The van der Waals surface area contributed by atoms with E-state index in [2.05, 4.69) is 23.3 Å². The van der Waals surface area contributed by atoms with Gasteiger partial charge in [0.1, 0.15) is 0 Å². The van der Waals surface area contributed by atoms with Crippen molar-refractivity contribution in [3.63, 3.8) is 0 Å². The lowest BCUT2D eigenvalue weighted by Crippen LogP contribution is -2.40. The molecule has 0 fully saturated rings. The van der Waals surface area contributed by atoms with Crippen LogP contribution in [0.25, 0.3) is 0 Å². The molecule has 1 aliphatic rings. The summed E-state index contributed by atoms with van der Waals surface area (Å²) in [7, 11) is 3.77. The van der Waals surface area contributed by atoms with Crippen LogP contribution in [0.2, 0.25) is 0 Å². The fraction of sp³-hybridized carbons (Fsp3) is 0.533. The van der Waals surface area contributed by atoms with Crippen LogP contribution in [0.15, 0.2) is 18.2 Å². The minimum absolute atomic E-state index is 0.0428. The SMILES string of the molecule is CC(CO)N(C)C(=O)Nc1ccc2c(c1)CCCN2C. The molecule has 1 aromatic rings. The Kier molecular flexibility index (Phi) is 4.49. The van der Waals surface area contributed by atoms with Gasteiger partial charge in [-0.3, -0.25) is 0 Å². The van der Waals surface area contributed by atoms with Crippen LogP contribution < -0.4 is 10.2 Å². The molecule has 0 spiro atoms. The molecule has 1 atom stereocenters. The summed E-state index contributed by atoms with van der Waals surface area (Å²) in [6.07, 6.45) is 2.19. The van der Waals surface area contributed by atoms with Gasteiger partial charge >= 0.3 is 6.03 Å². The summed E-state index contributed by atoms with van der Waals surface area (Å²) in [5.41, 5.74) is 3.32. The second-order valence-corrected chi connectivity index (χ2v) is 5.44. The molecular formula is C15H23N3O2. The number of nitrogens with zero attached hydrogens (tertiary/aromatic N) is 2. The van der Waals surface area contributed by atoms with Crippen LogP contribution in [0.4, 0.5) is 16.2 Å². The molecule has 0 aliphatic carbocycles. The Morgan fingerprint density at radius 2 is 2.30 bits per heavy atom. The van der Waals surface area contributed by atoms with Crippen LogP contribution in [0.5, 0.6) is 0 Å². The number of anilines is 2.